The second-order valence-corrected chi connectivity index (χ2v) is 9.12. The molecule has 2 aliphatic heterocycles. The number of halogens is 3. The molecule has 0 spiro atoms. The first-order chi connectivity index (χ1) is 16.7. The molecule has 2 aliphatic rings. The molecule has 4 rings (SSSR count). The van der Waals surface area contributed by atoms with Crippen molar-refractivity contribution in [2.75, 3.05) is 25.0 Å². The molecule has 2 N–H and O–H groups in total. The first-order valence-corrected chi connectivity index (χ1v) is 11.6. The van der Waals surface area contributed by atoms with Gasteiger partial charge in [0.2, 0.25) is 0 Å². The average Bonchev–Trinajstić information content (AvgIpc) is 3.26. The highest BCUT2D eigenvalue weighted by molar-refractivity contribution is 6.32. The SMILES string of the molecule is CCC(F)(F)c1ccc(NC(=O)N2CC=C(c3ncc(C4OC=NC4(C)CO)cc3Cl)CC2)nc1. The zero-order valence-electron chi connectivity index (χ0n) is 19.3. The Morgan fingerprint density at radius 1 is 1.37 bits per heavy atom. The Labute approximate surface area is 206 Å². The molecule has 0 saturated carbocycles. The highest BCUT2D eigenvalue weighted by atomic mass is 35.5. The van der Waals surface area contributed by atoms with Crippen LogP contribution in [0.3, 0.4) is 0 Å². The van der Waals surface area contributed by atoms with Crippen molar-refractivity contribution in [3.8, 4) is 0 Å². The molecule has 4 heterocycles. The summed E-state index contributed by atoms with van der Waals surface area (Å²) in [6, 6.07) is 4.02. The number of carbonyl (C=O) groups excluding carboxylic acids is 1. The smallest absolute Gasteiger partial charge is 0.323 e. The summed E-state index contributed by atoms with van der Waals surface area (Å²) >= 11 is 6.52. The van der Waals surface area contributed by atoms with Crippen molar-refractivity contribution in [2.45, 2.75) is 44.3 Å². The second-order valence-electron chi connectivity index (χ2n) is 8.71. The Morgan fingerprint density at radius 3 is 2.77 bits per heavy atom. The first-order valence-electron chi connectivity index (χ1n) is 11.2. The van der Waals surface area contributed by atoms with Crippen molar-refractivity contribution in [3.63, 3.8) is 0 Å². The van der Waals surface area contributed by atoms with Crippen LogP contribution in [0, 0.1) is 0 Å². The van der Waals surface area contributed by atoms with Gasteiger partial charge in [-0.2, -0.15) is 0 Å². The number of carbonyl (C=O) groups is 1. The van der Waals surface area contributed by atoms with Gasteiger partial charge in [-0.25, -0.2) is 23.6 Å². The van der Waals surface area contributed by atoms with Crippen molar-refractivity contribution in [1.29, 1.82) is 0 Å². The number of rotatable bonds is 6. The summed E-state index contributed by atoms with van der Waals surface area (Å²) < 4.78 is 33.0. The highest BCUT2D eigenvalue weighted by Gasteiger charge is 2.40. The van der Waals surface area contributed by atoms with Crippen LogP contribution < -0.4 is 5.32 Å². The van der Waals surface area contributed by atoms with Gasteiger partial charge < -0.3 is 14.7 Å². The topological polar surface area (TPSA) is 99.9 Å². The minimum atomic E-state index is -2.95. The molecule has 35 heavy (non-hydrogen) atoms. The van der Waals surface area contributed by atoms with Crippen LogP contribution in [0.4, 0.5) is 19.4 Å². The number of anilines is 1. The molecule has 0 aromatic carbocycles. The van der Waals surface area contributed by atoms with Gasteiger partial charge >= 0.3 is 6.03 Å². The van der Waals surface area contributed by atoms with Crippen molar-refractivity contribution in [3.05, 3.63) is 58.5 Å². The Bertz CT molecular complexity index is 1160. The molecule has 0 aliphatic carbocycles. The number of alkyl halides is 2. The number of hydrogen-bond acceptors (Lipinski definition) is 6. The van der Waals surface area contributed by atoms with Gasteiger partial charge in [-0.15, -0.1) is 0 Å². The summed E-state index contributed by atoms with van der Waals surface area (Å²) in [4.78, 5) is 26.8. The minimum Gasteiger partial charge on any atom is -0.473 e. The van der Waals surface area contributed by atoms with E-state index in [0.717, 1.165) is 11.8 Å². The van der Waals surface area contributed by atoms with E-state index in [2.05, 4.69) is 20.3 Å². The van der Waals surface area contributed by atoms with Crippen molar-refractivity contribution < 1.29 is 23.4 Å². The Balaban J connectivity index is 1.39. The van der Waals surface area contributed by atoms with Crippen LogP contribution in [0.1, 0.15) is 49.6 Å². The molecule has 186 valence electrons. The zero-order chi connectivity index (χ0) is 25.2. The molecule has 0 fully saturated rings. The number of urea groups is 1. The van der Waals surface area contributed by atoms with Crippen molar-refractivity contribution in [2.24, 2.45) is 4.99 Å². The summed E-state index contributed by atoms with van der Waals surface area (Å²) in [6.07, 6.45) is 5.67. The van der Waals surface area contributed by atoms with Gasteiger partial charge in [0.1, 0.15) is 11.4 Å². The molecule has 2 unspecified atom stereocenters. The Morgan fingerprint density at radius 2 is 2.17 bits per heavy atom. The van der Waals surface area contributed by atoms with Gasteiger partial charge in [0.05, 0.1) is 17.3 Å². The van der Waals surface area contributed by atoms with Gasteiger partial charge in [0.15, 0.2) is 12.5 Å². The van der Waals surface area contributed by atoms with Crippen LogP contribution in [-0.4, -0.2) is 57.6 Å². The van der Waals surface area contributed by atoms with Gasteiger partial charge in [-0.3, -0.25) is 10.3 Å². The number of aliphatic hydroxyl groups excluding tert-OH is 1. The summed E-state index contributed by atoms with van der Waals surface area (Å²) in [5.74, 6) is -2.75. The van der Waals surface area contributed by atoms with E-state index in [1.54, 1.807) is 24.1 Å². The number of nitrogens with one attached hydrogen (secondary N) is 1. The van der Waals surface area contributed by atoms with Gasteiger partial charge in [-0.1, -0.05) is 24.6 Å². The predicted octanol–water partition coefficient (Wildman–Crippen LogP) is 4.80. The fourth-order valence-corrected chi connectivity index (χ4v) is 4.26. The number of hydrogen-bond donors (Lipinski definition) is 2. The van der Waals surface area contributed by atoms with E-state index in [0.29, 0.717) is 35.8 Å². The minimum absolute atomic E-state index is 0.179. The van der Waals surface area contributed by atoms with Crippen LogP contribution in [0.25, 0.3) is 5.57 Å². The summed E-state index contributed by atoms with van der Waals surface area (Å²) in [5.41, 5.74) is 1.25. The van der Waals surface area contributed by atoms with Crippen LogP contribution >= 0.6 is 11.6 Å². The molecule has 2 aromatic heterocycles. The third-order valence-electron chi connectivity index (χ3n) is 6.26. The molecule has 2 aromatic rings. The molecular formula is C24H26ClF2N5O3. The van der Waals surface area contributed by atoms with Crippen LogP contribution in [0.5, 0.6) is 0 Å². The number of aliphatic imine (C=N–C) groups is 1. The molecule has 11 heteroatoms. The van der Waals surface area contributed by atoms with E-state index in [-0.39, 0.29) is 30.4 Å². The maximum absolute atomic E-state index is 13.7. The van der Waals surface area contributed by atoms with E-state index in [1.165, 1.54) is 25.5 Å². The van der Waals surface area contributed by atoms with Gasteiger partial charge in [-0.05, 0) is 37.1 Å². The average molecular weight is 506 g/mol. The molecule has 0 bridgehead atoms. The number of ether oxygens (including phenoxy) is 1. The molecule has 2 atom stereocenters. The summed E-state index contributed by atoms with van der Waals surface area (Å²) in [5, 5.41) is 12.8. The molecular weight excluding hydrogens is 480 g/mol. The van der Waals surface area contributed by atoms with Gasteiger partial charge in [0, 0.05) is 43.0 Å². The normalized spacial score (nSPS) is 22.1. The quantitative estimate of drug-likeness (QED) is 0.587. The van der Waals surface area contributed by atoms with Crippen LogP contribution in [0.2, 0.25) is 5.02 Å². The van der Waals surface area contributed by atoms with E-state index in [9.17, 15) is 18.7 Å². The third-order valence-corrected chi connectivity index (χ3v) is 6.55. The van der Waals surface area contributed by atoms with Crippen molar-refractivity contribution >= 4 is 35.4 Å². The van der Waals surface area contributed by atoms with Crippen molar-refractivity contribution in [1.82, 2.24) is 14.9 Å². The standard InChI is InChI=1S/C24H26ClF2N5O3/c1-3-24(26,27)17-4-5-19(28-12-17)31-22(34)32-8-6-15(7-9-32)20-18(25)10-16(11-29-20)21-23(2,13-33)30-14-35-21/h4-6,10-12,14,21,33H,3,7-9,13H2,1-2H3,(H,28,31,34). The lowest BCUT2D eigenvalue weighted by Gasteiger charge is -2.27. The predicted molar refractivity (Wildman–Crippen MR) is 129 cm³/mol. The Kier molecular flexibility index (Phi) is 7.05. The fourth-order valence-electron chi connectivity index (χ4n) is 3.97. The lowest BCUT2D eigenvalue weighted by molar-refractivity contribution is -0.00858. The number of aliphatic hydroxyl groups is 1. The van der Waals surface area contributed by atoms with Crippen LogP contribution in [-0.2, 0) is 10.7 Å². The second kappa shape index (κ2) is 9.87. The Hall–Kier alpha value is -3.11. The first kappa shape index (κ1) is 25.0. The van der Waals surface area contributed by atoms with Crippen LogP contribution in [0.15, 0.2) is 41.7 Å². The third kappa shape index (κ3) is 5.13. The largest absolute Gasteiger partial charge is 0.473 e. The molecule has 0 saturated heterocycles. The number of aromatic nitrogens is 2. The number of nitrogens with zero attached hydrogens (tertiary/aromatic N) is 4. The molecule has 8 nitrogen and oxygen atoms in total. The highest BCUT2D eigenvalue weighted by Crippen LogP contribution is 2.38. The van der Waals surface area contributed by atoms with E-state index < -0.39 is 17.6 Å². The number of amides is 2. The van der Waals surface area contributed by atoms with E-state index >= 15 is 0 Å². The maximum atomic E-state index is 13.7. The fraction of sp³-hybridized carbons (Fsp3) is 0.417. The molecule has 0 radical (unpaired) electrons. The summed E-state index contributed by atoms with van der Waals surface area (Å²) in [6.45, 7) is 3.76. The molecule has 2 amide bonds. The zero-order valence-corrected chi connectivity index (χ0v) is 20.1. The number of pyridine rings is 2. The van der Waals surface area contributed by atoms with Gasteiger partial charge in [0.25, 0.3) is 5.92 Å². The monoisotopic (exact) mass is 505 g/mol. The summed E-state index contributed by atoms with van der Waals surface area (Å²) in [7, 11) is 0. The van der Waals surface area contributed by atoms with E-state index in [1.807, 2.05) is 6.08 Å². The van der Waals surface area contributed by atoms with E-state index in [4.69, 9.17) is 16.3 Å². The lowest BCUT2D eigenvalue weighted by atomic mass is 9.91. The lowest BCUT2D eigenvalue weighted by Crippen LogP contribution is -2.38. The maximum Gasteiger partial charge on any atom is 0.323 e.